The summed E-state index contributed by atoms with van der Waals surface area (Å²) in [5, 5.41) is 3.33. The number of nitrogens with zero attached hydrogens (tertiary/aromatic N) is 2. The maximum absolute atomic E-state index is 13.4. The Morgan fingerprint density at radius 3 is 2.59 bits per heavy atom. The largest absolute Gasteiger partial charge is 0.326 e. The fourth-order valence-corrected chi connectivity index (χ4v) is 3.58. The van der Waals surface area contributed by atoms with Gasteiger partial charge in [-0.15, -0.1) is 0 Å². The minimum Gasteiger partial charge on any atom is -0.319 e. The van der Waals surface area contributed by atoms with Crippen molar-refractivity contribution >= 4 is 23.5 Å². The highest BCUT2D eigenvalue weighted by molar-refractivity contribution is 6.30. The van der Waals surface area contributed by atoms with Crippen molar-refractivity contribution in [3.8, 4) is 0 Å². The molecule has 1 aliphatic rings. The summed E-state index contributed by atoms with van der Waals surface area (Å²) in [6.45, 7) is 2.35. The predicted octanol–water partition coefficient (Wildman–Crippen LogP) is 3.73. The Bertz CT molecular complexity index is 876. The first kappa shape index (κ1) is 19.3. The van der Waals surface area contributed by atoms with E-state index in [1.165, 1.54) is 17.0 Å². The van der Waals surface area contributed by atoms with Gasteiger partial charge in [-0.1, -0.05) is 42.8 Å². The van der Waals surface area contributed by atoms with Crippen LogP contribution >= 0.6 is 11.6 Å². The van der Waals surface area contributed by atoms with Crippen molar-refractivity contribution in [1.82, 2.24) is 15.1 Å². The molecule has 1 heterocycles. The van der Waals surface area contributed by atoms with Gasteiger partial charge in [-0.3, -0.25) is 9.69 Å². The molecule has 1 fully saturated rings. The van der Waals surface area contributed by atoms with E-state index in [9.17, 15) is 14.0 Å². The number of hydrogen-bond donors (Lipinski definition) is 1. The number of imide groups is 1. The normalized spacial score (nSPS) is 19.7. The Morgan fingerprint density at radius 1 is 1.19 bits per heavy atom. The lowest BCUT2D eigenvalue weighted by Gasteiger charge is -2.27. The van der Waals surface area contributed by atoms with Gasteiger partial charge in [0.25, 0.3) is 5.91 Å². The molecule has 0 unspecified atom stereocenters. The van der Waals surface area contributed by atoms with Crippen LogP contribution in [0.25, 0.3) is 0 Å². The van der Waals surface area contributed by atoms with Gasteiger partial charge < -0.3 is 5.32 Å². The molecular formula is C20H21ClFN3O2. The van der Waals surface area contributed by atoms with Crippen LogP contribution < -0.4 is 5.32 Å². The van der Waals surface area contributed by atoms with Crippen molar-refractivity contribution in [2.24, 2.45) is 0 Å². The van der Waals surface area contributed by atoms with Gasteiger partial charge in [0.05, 0.1) is 6.67 Å². The first-order valence-electron chi connectivity index (χ1n) is 8.69. The third-order valence-electron chi connectivity index (χ3n) is 4.75. The Morgan fingerprint density at radius 2 is 1.93 bits per heavy atom. The Balaban J connectivity index is 1.79. The highest BCUT2D eigenvalue weighted by Gasteiger charge is 2.51. The summed E-state index contributed by atoms with van der Waals surface area (Å²) in [4.78, 5) is 28.6. The van der Waals surface area contributed by atoms with Gasteiger partial charge in [-0.2, -0.15) is 0 Å². The van der Waals surface area contributed by atoms with Crippen LogP contribution in [0, 0.1) is 5.82 Å². The molecule has 3 amide bonds. The summed E-state index contributed by atoms with van der Waals surface area (Å²) in [5.74, 6) is -0.634. The molecule has 1 aliphatic heterocycles. The van der Waals surface area contributed by atoms with E-state index in [1.54, 1.807) is 48.3 Å². The summed E-state index contributed by atoms with van der Waals surface area (Å²) in [6, 6.07) is 12.8. The number of urea groups is 1. The second kappa shape index (κ2) is 7.66. The van der Waals surface area contributed by atoms with E-state index in [1.807, 2.05) is 6.92 Å². The van der Waals surface area contributed by atoms with E-state index < -0.39 is 11.6 Å². The standard InChI is InChI=1S/C20H21ClFN3O2/c1-3-20(15-7-5-8-16(21)11-15)18(26)25(19(27)23-20)13-24(2)12-14-6-4-9-17(22)10-14/h4-11H,3,12-13H2,1-2H3,(H,23,27)/t20-/m0/s1. The summed E-state index contributed by atoms with van der Waals surface area (Å²) >= 11 is 6.07. The average molecular weight is 390 g/mol. The molecule has 7 heteroatoms. The number of amides is 3. The van der Waals surface area contributed by atoms with Crippen LogP contribution in [0.1, 0.15) is 24.5 Å². The molecule has 2 aromatic rings. The molecule has 0 aromatic heterocycles. The first-order chi connectivity index (χ1) is 12.9. The maximum atomic E-state index is 13.4. The second-order valence-electron chi connectivity index (χ2n) is 6.72. The predicted molar refractivity (Wildman–Crippen MR) is 102 cm³/mol. The van der Waals surface area contributed by atoms with E-state index in [0.29, 0.717) is 23.6 Å². The highest BCUT2D eigenvalue weighted by atomic mass is 35.5. The number of benzene rings is 2. The van der Waals surface area contributed by atoms with Gasteiger partial charge in [-0.05, 0) is 48.9 Å². The molecule has 1 atom stereocenters. The lowest BCUT2D eigenvalue weighted by Crippen LogP contribution is -2.44. The SMILES string of the molecule is CC[C@@]1(c2cccc(Cl)c2)NC(=O)N(CN(C)Cc2cccc(F)c2)C1=O. The quantitative estimate of drug-likeness (QED) is 0.766. The molecular weight excluding hydrogens is 369 g/mol. The van der Waals surface area contributed by atoms with E-state index in [0.717, 1.165) is 5.56 Å². The number of halogens is 2. The van der Waals surface area contributed by atoms with Crippen LogP contribution in [0.3, 0.4) is 0 Å². The Kier molecular flexibility index (Phi) is 5.48. The fourth-order valence-electron chi connectivity index (χ4n) is 3.39. The summed E-state index contributed by atoms with van der Waals surface area (Å²) in [5.41, 5.74) is 0.300. The van der Waals surface area contributed by atoms with Crippen molar-refractivity contribution in [2.75, 3.05) is 13.7 Å². The average Bonchev–Trinajstić information content (AvgIpc) is 2.87. The van der Waals surface area contributed by atoms with Crippen LogP contribution in [0.5, 0.6) is 0 Å². The number of hydrogen-bond acceptors (Lipinski definition) is 3. The minimum atomic E-state index is -1.12. The zero-order chi connectivity index (χ0) is 19.6. The highest BCUT2D eigenvalue weighted by Crippen LogP contribution is 2.33. The van der Waals surface area contributed by atoms with Gasteiger partial charge in [0.1, 0.15) is 11.4 Å². The van der Waals surface area contributed by atoms with Gasteiger partial charge in [0, 0.05) is 11.6 Å². The van der Waals surface area contributed by atoms with E-state index in [4.69, 9.17) is 11.6 Å². The number of nitrogens with one attached hydrogen (secondary N) is 1. The molecule has 0 bridgehead atoms. The summed E-state index contributed by atoms with van der Waals surface area (Å²) in [7, 11) is 1.77. The van der Waals surface area contributed by atoms with Gasteiger partial charge in [0.15, 0.2) is 0 Å². The molecule has 1 saturated heterocycles. The zero-order valence-electron chi connectivity index (χ0n) is 15.2. The third kappa shape index (κ3) is 3.82. The monoisotopic (exact) mass is 389 g/mol. The van der Waals surface area contributed by atoms with Crippen LogP contribution in [-0.4, -0.2) is 35.5 Å². The van der Waals surface area contributed by atoms with Crippen molar-refractivity contribution in [3.05, 3.63) is 70.5 Å². The summed E-state index contributed by atoms with van der Waals surface area (Å²) in [6.07, 6.45) is 0.405. The van der Waals surface area contributed by atoms with Crippen molar-refractivity contribution in [2.45, 2.75) is 25.4 Å². The molecule has 1 N–H and O–H groups in total. The summed E-state index contributed by atoms with van der Waals surface area (Å²) < 4.78 is 13.4. The zero-order valence-corrected chi connectivity index (χ0v) is 16.0. The molecule has 0 saturated carbocycles. The first-order valence-corrected chi connectivity index (χ1v) is 9.06. The number of carbonyl (C=O) groups excluding carboxylic acids is 2. The van der Waals surface area contributed by atoms with Crippen molar-refractivity contribution in [1.29, 1.82) is 0 Å². The molecule has 27 heavy (non-hydrogen) atoms. The van der Waals surface area contributed by atoms with Crippen LogP contribution in [0.4, 0.5) is 9.18 Å². The van der Waals surface area contributed by atoms with E-state index in [2.05, 4.69) is 5.32 Å². The maximum Gasteiger partial charge on any atom is 0.326 e. The van der Waals surface area contributed by atoms with E-state index in [-0.39, 0.29) is 18.4 Å². The number of rotatable bonds is 6. The van der Waals surface area contributed by atoms with Gasteiger partial charge in [0.2, 0.25) is 0 Å². The Hall–Kier alpha value is -2.44. The topological polar surface area (TPSA) is 52.7 Å². The molecule has 0 spiro atoms. The second-order valence-corrected chi connectivity index (χ2v) is 7.15. The van der Waals surface area contributed by atoms with Gasteiger partial charge in [-0.25, -0.2) is 14.1 Å². The van der Waals surface area contributed by atoms with Gasteiger partial charge >= 0.3 is 6.03 Å². The lowest BCUT2D eigenvalue weighted by molar-refractivity contribution is -0.133. The Labute approximate surface area is 162 Å². The van der Waals surface area contributed by atoms with Crippen LogP contribution in [0.2, 0.25) is 5.02 Å². The van der Waals surface area contributed by atoms with Crippen LogP contribution in [-0.2, 0) is 16.9 Å². The molecule has 3 rings (SSSR count). The fraction of sp³-hybridized carbons (Fsp3) is 0.300. The lowest BCUT2D eigenvalue weighted by atomic mass is 9.87. The molecule has 2 aromatic carbocycles. The van der Waals surface area contributed by atoms with Crippen molar-refractivity contribution in [3.63, 3.8) is 0 Å². The number of carbonyl (C=O) groups is 2. The smallest absolute Gasteiger partial charge is 0.319 e. The van der Waals surface area contributed by atoms with Crippen molar-refractivity contribution < 1.29 is 14.0 Å². The minimum absolute atomic E-state index is 0.101. The third-order valence-corrected chi connectivity index (χ3v) is 4.98. The van der Waals surface area contributed by atoms with Crippen LogP contribution in [0.15, 0.2) is 48.5 Å². The van der Waals surface area contributed by atoms with E-state index >= 15 is 0 Å². The molecule has 5 nitrogen and oxygen atoms in total. The molecule has 142 valence electrons. The molecule has 0 aliphatic carbocycles. The molecule has 0 radical (unpaired) electrons.